The van der Waals surface area contributed by atoms with Gasteiger partial charge >= 0.3 is 0 Å². The molecule has 9 aromatic rings. The molecule has 0 bridgehead atoms. The van der Waals surface area contributed by atoms with Gasteiger partial charge in [0.15, 0.2) is 0 Å². The quantitative estimate of drug-likeness (QED) is 0.167. The van der Waals surface area contributed by atoms with E-state index in [1.54, 1.807) is 0 Å². The molecule has 0 heterocycles. The van der Waals surface area contributed by atoms with Crippen molar-refractivity contribution in [2.45, 2.75) is 0 Å². The first kappa shape index (κ1) is 28.8. The van der Waals surface area contributed by atoms with Crippen molar-refractivity contribution in [1.29, 1.82) is 0 Å². The molecule has 0 saturated heterocycles. The summed E-state index contributed by atoms with van der Waals surface area (Å²) >= 11 is 0. The molecular formula is C48H33N. The van der Waals surface area contributed by atoms with E-state index >= 15 is 0 Å². The highest BCUT2D eigenvalue weighted by Gasteiger charge is 2.17. The first-order valence-corrected chi connectivity index (χ1v) is 16.8. The van der Waals surface area contributed by atoms with Crippen LogP contribution in [0.4, 0.5) is 17.1 Å². The first-order chi connectivity index (χ1) is 24.3. The molecule has 0 unspecified atom stereocenters. The maximum atomic E-state index is 2.37. The maximum absolute atomic E-state index is 2.37. The number of nitrogens with zero attached hydrogens (tertiary/aromatic N) is 1. The lowest BCUT2D eigenvalue weighted by molar-refractivity contribution is 1.28. The zero-order valence-electron chi connectivity index (χ0n) is 27.0. The zero-order valence-corrected chi connectivity index (χ0v) is 27.0. The number of fused-ring (bicyclic) bond motifs is 5. The van der Waals surface area contributed by atoms with Gasteiger partial charge in [0, 0.05) is 16.9 Å². The van der Waals surface area contributed by atoms with Crippen LogP contribution in [0.15, 0.2) is 200 Å². The fourth-order valence-corrected chi connectivity index (χ4v) is 7.19. The van der Waals surface area contributed by atoms with E-state index in [0.29, 0.717) is 0 Å². The van der Waals surface area contributed by atoms with E-state index in [1.807, 2.05) is 0 Å². The largest absolute Gasteiger partial charge is 0.310 e. The highest BCUT2D eigenvalue weighted by molar-refractivity contribution is 6.17. The first-order valence-electron chi connectivity index (χ1n) is 16.8. The monoisotopic (exact) mass is 623 g/mol. The van der Waals surface area contributed by atoms with Gasteiger partial charge in [0.05, 0.1) is 5.69 Å². The lowest BCUT2D eigenvalue weighted by atomic mass is 9.94. The molecule has 0 atom stereocenters. The highest BCUT2D eigenvalue weighted by Crippen LogP contribution is 2.42. The Morgan fingerprint density at radius 3 is 1.43 bits per heavy atom. The smallest absolute Gasteiger partial charge is 0.0540 e. The molecule has 0 amide bonds. The van der Waals surface area contributed by atoms with Crippen LogP contribution in [0.2, 0.25) is 0 Å². The molecule has 1 nitrogen and oxygen atoms in total. The van der Waals surface area contributed by atoms with Gasteiger partial charge in [-0.2, -0.15) is 0 Å². The number of anilines is 3. The van der Waals surface area contributed by atoms with Crippen LogP contribution < -0.4 is 4.90 Å². The van der Waals surface area contributed by atoms with Gasteiger partial charge in [-0.15, -0.1) is 0 Å². The molecule has 49 heavy (non-hydrogen) atoms. The molecular weight excluding hydrogens is 591 g/mol. The molecule has 1 heteroatoms. The fraction of sp³-hybridized carbons (Fsp3) is 0. The van der Waals surface area contributed by atoms with Crippen molar-refractivity contribution in [2.24, 2.45) is 0 Å². The summed E-state index contributed by atoms with van der Waals surface area (Å²) in [6.07, 6.45) is 0. The summed E-state index contributed by atoms with van der Waals surface area (Å²) in [5, 5.41) is 7.69. The van der Waals surface area contributed by atoms with Crippen molar-refractivity contribution in [3.8, 4) is 33.4 Å². The standard InChI is InChI=1S/C48H33N/c1-3-11-34(12-4-1)35-21-27-41(28-22-35)49(48-18-10-9-17-44(48)37-13-5-2-6-14-37)42-29-23-36(24-30-42)40-20-19-39-26-31-45-43-16-8-7-15-38(43)25-32-46(45)47(39)33-40/h1-33H. The summed E-state index contributed by atoms with van der Waals surface area (Å²) in [6.45, 7) is 0. The van der Waals surface area contributed by atoms with Gasteiger partial charge < -0.3 is 4.90 Å². The molecule has 0 aliphatic carbocycles. The third kappa shape index (κ3) is 5.32. The van der Waals surface area contributed by atoms with Crippen LogP contribution >= 0.6 is 0 Å². The van der Waals surface area contributed by atoms with Crippen LogP contribution in [0.5, 0.6) is 0 Å². The van der Waals surface area contributed by atoms with E-state index in [0.717, 1.165) is 17.1 Å². The number of hydrogen-bond donors (Lipinski definition) is 0. The summed E-state index contributed by atoms with van der Waals surface area (Å²) in [7, 11) is 0. The molecule has 9 aromatic carbocycles. The van der Waals surface area contributed by atoms with E-state index in [9.17, 15) is 0 Å². The Morgan fingerprint density at radius 2 is 0.735 bits per heavy atom. The minimum absolute atomic E-state index is 1.11. The van der Waals surface area contributed by atoms with Gasteiger partial charge in [-0.05, 0) is 96.5 Å². The number of para-hydroxylation sites is 1. The molecule has 0 aliphatic heterocycles. The molecule has 9 rings (SSSR count). The van der Waals surface area contributed by atoms with Crippen LogP contribution in [0.3, 0.4) is 0 Å². The Morgan fingerprint density at radius 1 is 0.265 bits per heavy atom. The van der Waals surface area contributed by atoms with Crippen LogP contribution in [-0.2, 0) is 0 Å². The van der Waals surface area contributed by atoms with Gasteiger partial charge in [0.25, 0.3) is 0 Å². The minimum Gasteiger partial charge on any atom is -0.310 e. The van der Waals surface area contributed by atoms with Crippen molar-refractivity contribution >= 4 is 49.4 Å². The van der Waals surface area contributed by atoms with Gasteiger partial charge in [0.1, 0.15) is 0 Å². The fourth-order valence-electron chi connectivity index (χ4n) is 7.19. The zero-order chi connectivity index (χ0) is 32.6. The SMILES string of the molecule is c1ccc(-c2ccc(N(c3ccc(-c4ccc5ccc6c7ccccc7ccc6c5c4)cc3)c3ccccc3-c3ccccc3)cc2)cc1. The molecule has 0 aromatic heterocycles. The second-order valence-electron chi connectivity index (χ2n) is 12.6. The van der Waals surface area contributed by atoms with E-state index in [1.165, 1.54) is 65.7 Å². The van der Waals surface area contributed by atoms with Gasteiger partial charge in [0.2, 0.25) is 0 Å². The Hall–Kier alpha value is -6.44. The predicted octanol–water partition coefficient (Wildman–Crippen LogP) is 13.6. The molecule has 0 fully saturated rings. The summed E-state index contributed by atoms with van der Waals surface area (Å²) < 4.78 is 0. The van der Waals surface area contributed by atoms with Gasteiger partial charge in [-0.25, -0.2) is 0 Å². The van der Waals surface area contributed by atoms with Crippen LogP contribution in [-0.4, -0.2) is 0 Å². The second-order valence-corrected chi connectivity index (χ2v) is 12.6. The molecule has 0 N–H and O–H groups in total. The Labute approximate surface area is 287 Å². The molecule has 0 aliphatic rings. The summed E-state index contributed by atoms with van der Waals surface area (Å²) in [6, 6.07) is 72.4. The van der Waals surface area contributed by atoms with E-state index in [2.05, 4.69) is 205 Å². The highest BCUT2D eigenvalue weighted by atomic mass is 15.1. The van der Waals surface area contributed by atoms with Crippen LogP contribution in [0.25, 0.3) is 65.7 Å². The van der Waals surface area contributed by atoms with Crippen molar-refractivity contribution in [3.05, 3.63) is 200 Å². The molecule has 230 valence electrons. The molecule has 0 spiro atoms. The minimum atomic E-state index is 1.11. The van der Waals surface area contributed by atoms with Gasteiger partial charge in [-0.1, -0.05) is 164 Å². The number of rotatable bonds is 6. The summed E-state index contributed by atoms with van der Waals surface area (Å²) in [5.41, 5.74) is 10.6. The topological polar surface area (TPSA) is 3.24 Å². The lowest BCUT2D eigenvalue weighted by Gasteiger charge is -2.28. The third-order valence-electron chi connectivity index (χ3n) is 9.66. The van der Waals surface area contributed by atoms with Gasteiger partial charge in [-0.3, -0.25) is 0 Å². The van der Waals surface area contributed by atoms with E-state index in [-0.39, 0.29) is 0 Å². The Bertz CT molecular complexity index is 2570. The van der Waals surface area contributed by atoms with Crippen LogP contribution in [0, 0.1) is 0 Å². The number of benzene rings is 9. The van der Waals surface area contributed by atoms with E-state index < -0.39 is 0 Å². The van der Waals surface area contributed by atoms with Crippen molar-refractivity contribution in [2.75, 3.05) is 4.90 Å². The predicted molar refractivity (Wildman–Crippen MR) is 210 cm³/mol. The Balaban J connectivity index is 1.14. The second kappa shape index (κ2) is 12.3. The number of hydrogen-bond acceptors (Lipinski definition) is 1. The lowest BCUT2D eigenvalue weighted by Crippen LogP contribution is -2.11. The third-order valence-corrected chi connectivity index (χ3v) is 9.66. The van der Waals surface area contributed by atoms with E-state index in [4.69, 9.17) is 0 Å². The van der Waals surface area contributed by atoms with Crippen LogP contribution in [0.1, 0.15) is 0 Å². The average Bonchev–Trinajstić information content (AvgIpc) is 3.19. The van der Waals surface area contributed by atoms with Crippen molar-refractivity contribution in [1.82, 2.24) is 0 Å². The van der Waals surface area contributed by atoms with Crippen molar-refractivity contribution in [3.63, 3.8) is 0 Å². The molecule has 0 saturated carbocycles. The normalized spacial score (nSPS) is 11.3. The average molecular weight is 624 g/mol. The van der Waals surface area contributed by atoms with Crippen molar-refractivity contribution < 1.29 is 0 Å². The maximum Gasteiger partial charge on any atom is 0.0540 e. The molecule has 0 radical (unpaired) electrons. The Kier molecular flexibility index (Phi) is 7.22. The summed E-state index contributed by atoms with van der Waals surface area (Å²) in [5.74, 6) is 0. The summed E-state index contributed by atoms with van der Waals surface area (Å²) in [4.78, 5) is 2.37.